The molecule has 7 heteroatoms. The summed E-state index contributed by atoms with van der Waals surface area (Å²) in [6.45, 7) is 1.59. The molecule has 1 heterocycles. The first kappa shape index (κ1) is 19.3. The first-order valence-electron chi connectivity index (χ1n) is 8.91. The highest BCUT2D eigenvalue weighted by atomic mass is 16.5. The molecular weight excluding hydrogens is 358 g/mol. The van der Waals surface area contributed by atoms with Crippen molar-refractivity contribution in [1.29, 1.82) is 0 Å². The summed E-state index contributed by atoms with van der Waals surface area (Å²) in [5.41, 5.74) is 2.15. The largest absolute Gasteiger partial charge is 0.456 e. The average molecular weight is 379 g/mol. The number of hydrogen-bond acceptors (Lipinski definition) is 5. The van der Waals surface area contributed by atoms with Crippen LogP contribution < -0.4 is 10.9 Å². The second-order valence-electron chi connectivity index (χ2n) is 6.48. The molecule has 144 valence electrons. The van der Waals surface area contributed by atoms with Gasteiger partial charge in [0.25, 0.3) is 11.5 Å². The lowest BCUT2D eigenvalue weighted by Gasteiger charge is -2.09. The maximum absolute atomic E-state index is 12.4. The lowest BCUT2D eigenvalue weighted by Crippen LogP contribution is -2.24. The molecule has 28 heavy (non-hydrogen) atoms. The standard InChI is InChI=1S/C21H21N3O4/c1-14-7-9-15(10-8-14)22-19(25)13-28-20(26)12-11-18-23-17-6-4-3-5-16(17)21(27)24(18)2/h3-10H,11-13H2,1-2H3,(H,22,25). The van der Waals surface area contributed by atoms with Crippen molar-refractivity contribution < 1.29 is 14.3 Å². The summed E-state index contributed by atoms with van der Waals surface area (Å²) in [6, 6.07) is 14.4. The fraction of sp³-hybridized carbons (Fsp3) is 0.238. The van der Waals surface area contributed by atoms with Crippen molar-refractivity contribution in [3.8, 4) is 0 Å². The number of fused-ring (bicyclic) bond motifs is 1. The molecule has 1 N–H and O–H groups in total. The van der Waals surface area contributed by atoms with Gasteiger partial charge in [-0.15, -0.1) is 0 Å². The molecule has 7 nitrogen and oxygen atoms in total. The number of carbonyl (C=O) groups is 2. The molecule has 1 aromatic heterocycles. The molecule has 0 radical (unpaired) electrons. The number of benzene rings is 2. The normalized spacial score (nSPS) is 10.6. The predicted molar refractivity (Wildman–Crippen MR) is 106 cm³/mol. The Morgan fingerprint density at radius 3 is 2.57 bits per heavy atom. The molecular formula is C21H21N3O4. The van der Waals surface area contributed by atoms with Crippen molar-refractivity contribution in [2.24, 2.45) is 7.05 Å². The van der Waals surface area contributed by atoms with Crippen LogP contribution in [0.25, 0.3) is 10.9 Å². The Kier molecular flexibility index (Phi) is 5.84. The zero-order chi connectivity index (χ0) is 20.1. The van der Waals surface area contributed by atoms with E-state index in [0.717, 1.165) is 5.56 Å². The highest BCUT2D eigenvalue weighted by molar-refractivity contribution is 5.92. The maximum Gasteiger partial charge on any atom is 0.306 e. The van der Waals surface area contributed by atoms with Crippen LogP contribution in [0.5, 0.6) is 0 Å². The molecule has 0 unspecified atom stereocenters. The number of para-hydroxylation sites is 1. The lowest BCUT2D eigenvalue weighted by molar-refractivity contribution is -0.147. The van der Waals surface area contributed by atoms with Crippen molar-refractivity contribution >= 4 is 28.5 Å². The smallest absolute Gasteiger partial charge is 0.306 e. The van der Waals surface area contributed by atoms with Crippen molar-refractivity contribution in [3.63, 3.8) is 0 Å². The van der Waals surface area contributed by atoms with Gasteiger partial charge in [0.2, 0.25) is 0 Å². The molecule has 0 aliphatic carbocycles. The summed E-state index contributed by atoms with van der Waals surface area (Å²) < 4.78 is 6.44. The maximum atomic E-state index is 12.4. The second-order valence-corrected chi connectivity index (χ2v) is 6.48. The number of carbonyl (C=O) groups excluding carboxylic acids is 2. The molecule has 0 spiro atoms. The summed E-state index contributed by atoms with van der Waals surface area (Å²) in [4.78, 5) is 40.6. The van der Waals surface area contributed by atoms with E-state index in [1.165, 1.54) is 4.57 Å². The van der Waals surface area contributed by atoms with Crippen LogP contribution >= 0.6 is 0 Å². The highest BCUT2D eigenvalue weighted by Gasteiger charge is 2.12. The molecule has 1 amide bonds. The molecule has 0 saturated heterocycles. The predicted octanol–water partition coefficient (Wildman–Crippen LogP) is 2.36. The van der Waals surface area contributed by atoms with Crippen LogP contribution in [-0.4, -0.2) is 28.0 Å². The summed E-state index contributed by atoms with van der Waals surface area (Å²) in [7, 11) is 1.62. The first-order chi connectivity index (χ1) is 13.4. The number of aryl methyl sites for hydroxylation is 2. The molecule has 0 aliphatic rings. The molecule has 0 bridgehead atoms. The van der Waals surface area contributed by atoms with E-state index in [-0.39, 0.29) is 25.0 Å². The van der Waals surface area contributed by atoms with E-state index in [1.807, 2.05) is 19.1 Å². The fourth-order valence-electron chi connectivity index (χ4n) is 2.75. The number of esters is 1. The minimum Gasteiger partial charge on any atom is -0.456 e. The van der Waals surface area contributed by atoms with E-state index in [2.05, 4.69) is 10.3 Å². The minimum atomic E-state index is -0.526. The van der Waals surface area contributed by atoms with Crippen LogP contribution in [0.15, 0.2) is 53.3 Å². The number of ether oxygens (including phenoxy) is 1. The summed E-state index contributed by atoms with van der Waals surface area (Å²) in [5.74, 6) is -0.445. The molecule has 3 aromatic rings. The zero-order valence-electron chi connectivity index (χ0n) is 15.8. The van der Waals surface area contributed by atoms with E-state index in [4.69, 9.17) is 4.74 Å². The lowest BCUT2D eigenvalue weighted by atomic mass is 10.2. The number of nitrogens with one attached hydrogen (secondary N) is 1. The number of rotatable bonds is 6. The van der Waals surface area contributed by atoms with Gasteiger partial charge >= 0.3 is 5.97 Å². The van der Waals surface area contributed by atoms with Crippen LogP contribution in [-0.2, 0) is 27.8 Å². The minimum absolute atomic E-state index is 0.0242. The van der Waals surface area contributed by atoms with Gasteiger partial charge in [0.1, 0.15) is 5.82 Å². The van der Waals surface area contributed by atoms with Gasteiger partial charge < -0.3 is 10.1 Å². The van der Waals surface area contributed by atoms with Gasteiger partial charge in [-0.1, -0.05) is 29.8 Å². The monoisotopic (exact) mass is 379 g/mol. The Morgan fingerprint density at radius 2 is 1.82 bits per heavy atom. The SMILES string of the molecule is Cc1ccc(NC(=O)COC(=O)CCc2nc3ccccc3c(=O)n2C)cc1. The summed E-state index contributed by atoms with van der Waals surface area (Å²) >= 11 is 0. The fourth-order valence-corrected chi connectivity index (χ4v) is 2.75. The van der Waals surface area contributed by atoms with Gasteiger partial charge in [0.05, 0.1) is 17.3 Å². The summed E-state index contributed by atoms with van der Waals surface area (Å²) in [5, 5.41) is 3.19. The third-order valence-corrected chi connectivity index (χ3v) is 4.33. The Bertz CT molecular complexity index is 1070. The summed E-state index contributed by atoms with van der Waals surface area (Å²) in [6.07, 6.45) is 0.269. The molecule has 0 saturated carbocycles. The van der Waals surface area contributed by atoms with Crippen molar-refractivity contribution in [3.05, 3.63) is 70.3 Å². The van der Waals surface area contributed by atoms with Gasteiger partial charge in [-0.3, -0.25) is 19.0 Å². The van der Waals surface area contributed by atoms with Gasteiger partial charge in [0.15, 0.2) is 6.61 Å². The van der Waals surface area contributed by atoms with Gasteiger partial charge in [-0.25, -0.2) is 4.98 Å². The molecule has 0 fully saturated rings. The van der Waals surface area contributed by atoms with E-state index >= 15 is 0 Å². The van der Waals surface area contributed by atoms with E-state index < -0.39 is 11.9 Å². The van der Waals surface area contributed by atoms with E-state index in [0.29, 0.717) is 22.4 Å². The quantitative estimate of drug-likeness (QED) is 0.664. The number of aromatic nitrogens is 2. The van der Waals surface area contributed by atoms with E-state index in [1.54, 1.807) is 43.4 Å². The highest BCUT2D eigenvalue weighted by Crippen LogP contribution is 2.10. The van der Waals surface area contributed by atoms with Crippen LogP contribution in [0.1, 0.15) is 17.8 Å². The van der Waals surface area contributed by atoms with Gasteiger partial charge in [0, 0.05) is 19.2 Å². The van der Waals surface area contributed by atoms with Gasteiger partial charge in [-0.05, 0) is 31.2 Å². The topological polar surface area (TPSA) is 90.3 Å². The van der Waals surface area contributed by atoms with Crippen LogP contribution in [0.2, 0.25) is 0 Å². The van der Waals surface area contributed by atoms with Crippen molar-refractivity contribution in [2.45, 2.75) is 19.8 Å². The van der Waals surface area contributed by atoms with Crippen molar-refractivity contribution in [2.75, 3.05) is 11.9 Å². The van der Waals surface area contributed by atoms with Gasteiger partial charge in [-0.2, -0.15) is 0 Å². The number of hydrogen-bond donors (Lipinski definition) is 1. The van der Waals surface area contributed by atoms with Crippen LogP contribution in [0, 0.1) is 6.92 Å². The Labute approximate surface area is 162 Å². The Morgan fingerprint density at radius 1 is 1.11 bits per heavy atom. The molecule has 3 rings (SSSR count). The number of amides is 1. The number of nitrogens with zero attached hydrogens (tertiary/aromatic N) is 2. The zero-order valence-corrected chi connectivity index (χ0v) is 15.8. The Hall–Kier alpha value is -3.48. The van der Waals surface area contributed by atoms with Crippen molar-refractivity contribution in [1.82, 2.24) is 9.55 Å². The van der Waals surface area contributed by atoms with E-state index in [9.17, 15) is 14.4 Å². The average Bonchev–Trinajstić information content (AvgIpc) is 2.70. The Balaban J connectivity index is 1.54. The first-order valence-corrected chi connectivity index (χ1v) is 8.91. The second kappa shape index (κ2) is 8.47. The molecule has 0 aliphatic heterocycles. The molecule has 0 atom stereocenters. The van der Waals surface area contributed by atoms with Crippen LogP contribution in [0.3, 0.4) is 0 Å². The number of anilines is 1. The van der Waals surface area contributed by atoms with Crippen LogP contribution in [0.4, 0.5) is 5.69 Å². The third-order valence-electron chi connectivity index (χ3n) is 4.33. The molecule has 2 aromatic carbocycles. The third kappa shape index (κ3) is 4.62.